The zero-order valence-electron chi connectivity index (χ0n) is 7.41. The minimum absolute atomic E-state index is 0.367. The van der Waals surface area contributed by atoms with Crippen molar-refractivity contribution in [1.29, 1.82) is 0 Å². The summed E-state index contributed by atoms with van der Waals surface area (Å²) in [5.41, 5.74) is 2.10. The van der Waals surface area contributed by atoms with Crippen LogP contribution in [0.4, 0.5) is 0 Å². The van der Waals surface area contributed by atoms with Gasteiger partial charge in [0.05, 0.1) is 5.69 Å². The van der Waals surface area contributed by atoms with Crippen LogP contribution < -0.4 is 0 Å². The number of nitrogens with zero attached hydrogens (tertiary/aromatic N) is 3. The maximum absolute atomic E-state index is 5.87. The van der Waals surface area contributed by atoms with E-state index < -0.39 is 0 Å². The topological polar surface area (TPSA) is 30.7 Å². The summed E-state index contributed by atoms with van der Waals surface area (Å²) in [7, 11) is 0. The Balaban J connectivity index is 2.62. The molecule has 2 rings (SSSR count). The number of hydrogen-bond donors (Lipinski definition) is 0. The van der Waals surface area contributed by atoms with E-state index in [2.05, 4.69) is 26.1 Å². The van der Waals surface area contributed by atoms with Gasteiger partial charge in [-0.2, -0.15) is 0 Å². The van der Waals surface area contributed by atoms with E-state index in [1.807, 2.05) is 25.1 Å². The fraction of sp³-hybridized carbons (Fsp3) is 0.111. The lowest BCUT2D eigenvalue weighted by Crippen LogP contribution is -1.95. The number of hydrogen-bond acceptors (Lipinski definition) is 2. The molecule has 72 valence electrons. The number of benzene rings is 1. The summed E-state index contributed by atoms with van der Waals surface area (Å²) in [5.74, 6) is 0. The predicted molar refractivity (Wildman–Crippen MR) is 58.8 cm³/mol. The van der Waals surface area contributed by atoms with Crippen molar-refractivity contribution in [3.05, 3.63) is 39.8 Å². The van der Waals surface area contributed by atoms with Crippen molar-refractivity contribution in [3.8, 4) is 5.69 Å². The Bertz CT molecular complexity index is 467. The van der Waals surface area contributed by atoms with Gasteiger partial charge in [-0.3, -0.25) is 4.57 Å². The Hall–Kier alpha value is -0.870. The van der Waals surface area contributed by atoms with Gasteiger partial charge < -0.3 is 0 Å². The van der Waals surface area contributed by atoms with Gasteiger partial charge in [0.25, 0.3) is 0 Å². The van der Waals surface area contributed by atoms with Gasteiger partial charge in [-0.05, 0) is 36.2 Å². The molecular weight excluding hydrogens is 265 g/mol. The van der Waals surface area contributed by atoms with Gasteiger partial charge in [0.15, 0.2) is 0 Å². The molecule has 0 fully saturated rings. The van der Waals surface area contributed by atoms with Gasteiger partial charge in [-0.1, -0.05) is 22.0 Å². The highest BCUT2D eigenvalue weighted by Gasteiger charge is 2.06. The van der Waals surface area contributed by atoms with E-state index in [1.54, 1.807) is 10.9 Å². The average molecular weight is 273 g/mol. The number of aromatic nitrogens is 3. The molecule has 1 aromatic carbocycles. The molecule has 0 amide bonds. The summed E-state index contributed by atoms with van der Waals surface area (Å²) >= 11 is 9.28. The van der Waals surface area contributed by atoms with Gasteiger partial charge >= 0.3 is 0 Å². The zero-order chi connectivity index (χ0) is 10.1. The first-order valence-corrected chi connectivity index (χ1v) is 5.17. The molecule has 14 heavy (non-hydrogen) atoms. The van der Waals surface area contributed by atoms with Gasteiger partial charge in [0.1, 0.15) is 6.33 Å². The SMILES string of the molecule is Cc1ccc(Br)cc1-n1cnnc1Cl. The molecule has 0 radical (unpaired) electrons. The smallest absolute Gasteiger partial charge is 0.229 e. The minimum Gasteiger partial charge on any atom is -0.272 e. The summed E-state index contributed by atoms with van der Waals surface area (Å²) in [5, 5.41) is 7.83. The lowest BCUT2D eigenvalue weighted by atomic mass is 10.2. The van der Waals surface area contributed by atoms with Crippen molar-refractivity contribution in [2.75, 3.05) is 0 Å². The van der Waals surface area contributed by atoms with Crippen molar-refractivity contribution in [2.45, 2.75) is 6.92 Å². The molecule has 1 heterocycles. The molecule has 0 aliphatic carbocycles. The number of aryl methyl sites for hydroxylation is 1. The van der Waals surface area contributed by atoms with Crippen molar-refractivity contribution in [1.82, 2.24) is 14.8 Å². The second-order valence-electron chi connectivity index (χ2n) is 2.90. The molecule has 0 bridgehead atoms. The minimum atomic E-state index is 0.367. The van der Waals surface area contributed by atoms with Crippen LogP contribution in [0, 0.1) is 6.92 Å². The Morgan fingerprint density at radius 2 is 2.21 bits per heavy atom. The quantitative estimate of drug-likeness (QED) is 0.799. The van der Waals surface area contributed by atoms with Crippen LogP contribution in [-0.4, -0.2) is 14.8 Å². The Morgan fingerprint density at radius 3 is 2.86 bits per heavy atom. The van der Waals surface area contributed by atoms with E-state index in [0.717, 1.165) is 15.7 Å². The zero-order valence-corrected chi connectivity index (χ0v) is 9.75. The maximum Gasteiger partial charge on any atom is 0.229 e. The van der Waals surface area contributed by atoms with Crippen molar-refractivity contribution >= 4 is 27.5 Å². The third-order valence-corrected chi connectivity index (χ3v) is 2.69. The third kappa shape index (κ3) is 1.67. The predicted octanol–water partition coefficient (Wildman–Crippen LogP) is 2.99. The molecule has 0 unspecified atom stereocenters. The summed E-state index contributed by atoms with van der Waals surface area (Å²) < 4.78 is 2.74. The van der Waals surface area contributed by atoms with Crippen LogP contribution in [0.2, 0.25) is 5.28 Å². The monoisotopic (exact) mass is 271 g/mol. The maximum atomic E-state index is 5.87. The molecule has 0 atom stereocenters. The van der Waals surface area contributed by atoms with Gasteiger partial charge in [0.2, 0.25) is 5.28 Å². The van der Waals surface area contributed by atoms with Crippen LogP contribution in [0.5, 0.6) is 0 Å². The molecule has 0 N–H and O–H groups in total. The molecule has 0 aliphatic heterocycles. The molecule has 0 saturated carbocycles. The molecule has 0 aliphatic rings. The molecule has 3 nitrogen and oxygen atoms in total. The fourth-order valence-electron chi connectivity index (χ4n) is 1.22. The van der Waals surface area contributed by atoms with Crippen LogP contribution in [0.3, 0.4) is 0 Å². The summed E-state index contributed by atoms with van der Waals surface area (Å²) in [6, 6.07) is 5.97. The van der Waals surface area contributed by atoms with E-state index in [-0.39, 0.29) is 0 Å². The van der Waals surface area contributed by atoms with E-state index >= 15 is 0 Å². The second kappa shape index (κ2) is 3.71. The van der Waals surface area contributed by atoms with Gasteiger partial charge in [0, 0.05) is 4.47 Å². The highest BCUT2D eigenvalue weighted by molar-refractivity contribution is 9.10. The van der Waals surface area contributed by atoms with Crippen LogP contribution in [0.15, 0.2) is 29.0 Å². The van der Waals surface area contributed by atoms with E-state index in [9.17, 15) is 0 Å². The summed E-state index contributed by atoms with van der Waals surface area (Å²) in [6.07, 6.45) is 1.59. The Labute approximate surface area is 94.9 Å². The average Bonchev–Trinajstić information content (AvgIpc) is 2.56. The Morgan fingerprint density at radius 1 is 1.43 bits per heavy atom. The van der Waals surface area contributed by atoms with Crippen molar-refractivity contribution in [2.24, 2.45) is 0 Å². The number of rotatable bonds is 1. The molecule has 1 aromatic heterocycles. The molecule has 2 aromatic rings. The van der Waals surface area contributed by atoms with Gasteiger partial charge in [-0.15, -0.1) is 10.2 Å². The largest absolute Gasteiger partial charge is 0.272 e. The van der Waals surface area contributed by atoms with Crippen molar-refractivity contribution in [3.63, 3.8) is 0 Å². The first kappa shape index (κ1) is 9.68. The van der Waals surface area contributed by atoms with Crippen LogP contribution in [-0.2, 0) is 0 Å². The molecule has 0 spiro atoms. The lowest BCUT2D eigenvalue weighted by molar-refractivity contribution is 1.04. The first-order chi connectivity index (χ1) is 6.68. The summed E-state index contributed by atoms with van der Waals surface area (Å²) in [4.78, 5) is 0. The first-order valence-electron chi connectivity index (χ1n) is 4.00. The van der Waals surface area contributed by atoms with Crippen LogP contribution >= 0.6 is 27.5 Å². The number of halogens is 2. The van der Waals surface area contributed by atoms with Gasteiger partial charge in [-0.25, -0.2) is 0 Å². The Kier molecular flexibility index (Phi) is 2.56. The lowest BCUT2D eigenvalue weighted by Gasteiger charge is -2.06. The van der Waals surface area contributed by atoms with Crippen molar-refractivity contribution < 1.29 is 0 Å². The highest BCUT2D eigenvalue weighted by Crippen LogP contribution is 2.21. The normalized spacial score (nSPS) is 10.5. The molecular formula is C9H7BrClN3. The molecule has 5 heteroatoms. The highest BCUT2D eigenvalue weighted by atomic mass is 79.9. The summed E-state index contributed by atoms with van der Waals surface area (Å²) in [6.45, 7) is 2.01. The van der Waals surface area contributed by atoms with E-state index in [4.69, 9.17) is 11.6 Å². The van der Waals surface area contributed by atoms with E-state index in [1.165, 1.54) is 0 Å². The fourth-order valence-corrected chi connectivity index (χ4v) is 1.75. The van der Waals surface area contributed by atoms with E-state index in [0.29, 0.717) is 5.28 Å². The standard InChI is InChI=1S/C9H7BrClN3/c1-6-2-3-7(10)4-8(6)14-5-12-13-9(14)11/h2-5H,1H3. The van der Waals surface area contributed by atoms with Crippen LogP contribution in [0.25, 0.3) is 5.69 Å². The second-order valence-corrected chi connectivity index (χ2v) is 4.15. The molecule has 0 saturated heterocycles. The van der Waals surface area contributed by atoms with Crippen LogP contribution in [0.1, 0.15) is 5.56 Å². The third-order valence-electron chi connectivity index (χ3n) is 1.94.